The average Bonchev–Trinajstić information content (AvgIpc) is 3.64. The van der Waals surface area contributed by atoms with Crippen LogP contribution in [0.15, 0.2) is 182 Å². The van der Waals surface area contributed by atoms with Crippen molar-refractivity contribution in [2.75, 3.05) is 11.4 Å². The van der Waals surface area contributed by atoms with Gasteiger partial charge in [0.05, 0.1) is 0 Å². The predicted octanol–water partition coefficient (Wildman–Crippen LogP) is 15.7. The second-order valence-corrected chi connectivity index (χ2v) is 20.1. The van der Waals surface area contributed by atoms with Gasteiger partial charge in [0.15, 0.2) is 0 Å². The zero-order chi connectivity index (χ0) is 44.9. The second-order valence-electron chi connectivity index (χ2n) is 19.1. The number of rotatable bonds is 8. The molecule has 2 aromatic heterocycles. The van der Waals surface area contributed by atoms with E-state index in [1.807, 2.05) is 0 Å². The third kappa shape index (κ3) is 7.77. The normalized spacial score (nSPS) is 15.9. The SMILES string of the molecule is Cc1cc(N2CC3CCCCC3c3ccc(Oc4cccc(-n5[c](=[Pt])n(-c6c(-c7ccccc7)cc(C(C)(C)C)cc6-c6ccccc6)c6ccccc65)c4)cc32)ncc1-c1ccccc1. The molecule has 0 saturated heterocycles. The Morgan fingerprint density at radius 1 is 0.591 bits per heavy atom. The number of pyridine rings is 1. The van der Waals surface area contributed by atoms with Gasteiger partial charge in [-0.3, -0.25) is 0 Å². The van der Waals surface area contributed by atoms with Gasteiger partial charge in [-0.05, 0) is 24.5 Å². The van der Waals surface area contributed by atoms with Crippen LogP contribution in [0.5, 0.6) is 11.5 Å². The van der Waals surface area contributed by atoms with Crippen molar-refractivity contribution in [3.63, 3.8) is 0 Å². The summed E-state index contributed by atoms with van der Waals surface area (Å²) in [6.45, 7) is 10.1. The molecule has 9 aromatic rings. The summed E-state index contributed by atoms with van der Waals surface area (Å²) in [5, 5.41) is 0. The van der Waals surface area contributed by atoms with Crippen molar-refractivity contribution in [2.45, 2.75) is 64.7 Å². The monoisotopic (exact) mass is 1040 g/mol. The molecule has 1 aliphatic heterocycles. The summed E-state index contributed by atoms with van der Waals surface area (Å²) in [6.07, 6.45) is 7.12. The van der Waals surface area contributed by atoms with E-state index in [9.17, 15) is 0 Å². The first kappa shape index (κ1) is 42.1. The summed E-state index contributed by atoms with van der Waals surface area (Å²) in [4.78, 5) is 7.59. The Hall–Kier alpha value is -6.55. The molecule has 0 spiro atoms. The second kappa shape index (κ2) is 17.3. The minimum atomic E-state index is -0.0588. The molecule has 0 N–H and O–H groups in total. The number of ether oxygens (including phenoxy) is 1. The van der Waals surface area contributed by atoms with Crippen LogP contribution in [0, 0.1) is 16.6 Å². The Morgan fingerprint density at radius 2 is 1.18 bits per heavy atom. The van der Waals surface area contributed by atoms with E-state index >= 15 is 0 Å². The van der Waals surface area contributed by atoms with Crippen LogP contribution in [0.3, 0.4) is 0 Å². The van der Waals surface area contributed by atoms with Crippen LogP contribution in [0.4, 0.5) is 11.5 Å². The van der Waals surface area contributed by atoms with Gasteiger partial charge in [0.1, 0.15) is 0 Å². The summed E-state index contributed by atoms with van der Waals surface area (Å²) < 4.78 is 12.8. The number of fused-ring (bicyclic) bond motifs is 4. The molecule has 5 nitrogen and oxygen atoms in total. The Labute approximate surface area is 399 Å². The summed E-state index contributed by atoms with van der Waals surface area (Å²) in [5.74, 6) is 3.77. The molecule has 3 heterocycles. The topological polar surface area (TPSA) is 35.2 Å². The molecule has 1 fully saturated rings. The van der Waals surface area contributed by atoms with E-state index < -0.39 is 0 Å². The summed E-state index contributed by atoms with van der Waals surface area (Å²) in [5.41, 5.74) is 16.7. The van der Waals surface area contributed by atoms with Crippen molar-refractivity contribution in [3.8, 4) is 56.3 Å². The number of anilines is 2. The van der Waals surface area contributed by atoms with Gasteiger partial charge in [-0.2, -0.15) is 0 Å². The third-order valence-corrected chi connectivity index (χ3v) is 14.9. The van der Waals surface area contributed by atoms with Crippen LogP contribution in [-0.4, -0.2) is 20.7 Å². The number of benzene rings is 7. The molecule has 2 unspecified atom stereocenters. The Morgan fingerprint density at radius 3 is 1.82 bits per heavy atom. The summed E-state index contributed by atoms with van der Waals surface area (Å²) in [6, 6.07) is 63.5. The molecule has 6 heteroatoms. The molecular formula is C60H54N4OPt. The molecule has 0 amide bonds. The smallest absolute Gasteiger partial charge is 0.0622 e. The molecule has 0 bridgehead atoms. The fourth-order valence-corrected chi connectivity index (χ4v) is 11.6. The van der Waals surface area contributed by atoms with Crippen LogP contribution in [0.25, 0.3) is 55.8 Å². The quantitative estimate of drug-likeness (QED) is 0.152. The molecule has 66 heavy (non-hydrogen) atoms. The van der Waals surface area contributed by atoms with Crippen molar-refractivity contribution in [2.24, 2.45) is 5.92 Å². The minimum absolute atomic E-state index is 0.0588. The van der Waals surface area contributed by atoms with E-state index in [1.54, 1.807) is 0 Å². The maximum absolute atomic E-state index is 6.90. The number of para-hydroxylation sites is 2. The van der Waals surface area contributed by atoms with Gasteiger partial charge in [-0.15, -0.1) is 0 Å². The number of nitrogens with zero attached hydrogens (tertiary/aromatic N) is 4. The van der Waals surface area contributed by atoms with Crippen molar-refractivity contribution in [3.05, 3.63) is 203 Å². The third-order valence-electron chi connectivity index (χ3n) is 13.9. The number of hydrogen-bond acceptors (Lipinski definition) is 3. The van der Waals surface area contributed by atoms with Crippen molar-refractivity contribution >= 4 is 22.5 Å². The fraction of sp³-hybridized carbons (Fsp3) is 0.200. The number of aromatic nitrogens is 3. The molecule has 2 aliphatic rings. The van der Waals surface area contributed by atoms with Gasteiger partial charge >= 0.3 is 322 Å². The van der Waals surface area contributed by atoms with Gasteiger partial charge in [-0.25, -0.2) is 0 Å². The van der Waals surface area contributed by atoms with Crippen molar-refractivity contribution in [1.82, 2.24) is 14.1 Å². The molecular weight excluding hydrogens is 988 g/mol. The van der Waals surface area contributed by atoms with Crippen molar-refractivity contribution in [1.29, 1.82) is 0 Å². The molecule has 11 rings (SSSR count). The zero-order valence-electron chi connectivity index (χ0n) is 38.0. The average molecular weight is 1040 g/mol. The first-order chi connectivity index (χ1) is 32.2. The first-order valence-electron chi connectivity index (χ1n) is 23.4. The van der Waals surface area contributed by atoms with E-state index in [0.717, 1.165) is 50.1 Å². The van der Waals surface area contributed by atoms with Crippen LogP contribution in [0.1, 0.15) is 69.1 Å². The molecule has 2 atom stereocenters. The van der Waals surface area contributed by atoms with Crippen LogP contribution < -0.4 is 9.64 Å². The van der Waals surface area contributed by atoms with E-state index in [-0.39, 0.29) is 5.41 Å². The van der Waals surface area contributed by atoms with Gasteiger partial charge in [0, 0.05) is 11.8 Å². The van der Waals surface area contributed by atoms with Crippen molar-refractivity contribution < 1.29 is 24.1 Å². The molecule has 330 valence electrons. The van der Waals surface area contributed by atoms with Gasteiger partial charge in [0.2, 0.25) is 0 Å². The zero-order valence-corrected chi connectivity index (χ0v) is 40.3. The number of imidazole rings is 1. The van der Waals surface area contributed by atoms with Crippen LogP contribution in [0.2, 0.25) is 0 Å². The Balaban J connectivity index is 1.01. The van der Waals surface area contributed by atoms with Gasteiger partial charge < -0.3 is 0 Å². The molecule has 7 aromatic carbocycles. The fourth-order valence-electron chi connectivity index (χ4n) is 10.5. The van der Waals surface area contributed by atoms with Gasteiger partial charge in [0.25, 0.3) is 0 Å². The van der Waals surface area contributed by atoms with E-state index in [1.165, 1.54) is 81.4 Å². The standard InChI is InChI=1S/C60H54N4O.Pt/c1-41-33-58(61-38-54(41)44-23-12-7-13-24-44)62-39-45-25-14-15-28-50(45)51-32-31-49(37-57(51)62)65-48-27-18-26-47(36-48)63-40-64(56-30-17-16-29-55(56)63)59-52(42-19-8-5-9-20-42)34-46(60(2,3)4)35-53(59)43-21-10-6-11-22-43;/h5-13,16-24,26-27,29-38,45,50H,14-15,25,28,39H2,1-4H3;. The maximum atomic E-state index is 6.90. The van der Waals surface area contributed by atoms with E-state index in [0.29, 0.717) is 11.8 Å². The molecule has 1 saturated carbocycles. The predicted molar refractivity (Wildman–Crippen MR) is 268 cm³/mol. The first-order valence-corrected chi connectivity index (χ1v) is 24.5. The van der Waals surface area contributed by atoms with E-state index in [4.69, 9.17) is 9.72 Å². The number of hydrogen-bond donors (Lipinski definition) is 0. The number of aryl methyl sites for hydroxylation is 1. The van der Waals surface area contributed by atoms with Gasteiger partial charge in [-0.1, -0.05) is 43.2 Å². The minimum Gasteiger partial charge on any atom is -0.0622 e. The molecule has 1 aliphatic carbocycles. The molecule has 0 radical (unpaired) electrons. The van der Waals surface area contributed by atoms with Crippen LogP contribution >= 0.6 is 0 Å². The summed E-state index contributed by atoms with van der Waals surface area (Å²) in [7, 11) is 0. The Bertz CT molecular complexity index is 3230. The Kier molecular flexibility index (Phi) is 11.1. The summed E-state index contributed by atoms with van der Waals surface area (Å²) >= 11 is 2.54. The van der Waals surface area contributed by atoms with E-state index in [2.05, 4.69) is 243 Å². The van der Waals surface area contributed by atoms with Crippen LogP contribution in [-0.2, 0) is 24.8 Å².